The third kappa shape index (κ3) is 3.27. The number of hydrogen-bond donors (Lipinski definition) is 3. The molecule has 1 atom stereocenters. The van der Waals surface area contributed by atoms with Crippen LogP contribution in [0.4, 0.5) is 15.2 Å². The summed E-state index contributed by atoms with van der Waals surface area (Å²) < 4.78 is 13.2. The lowest BCUT2D eigenvalue weighted by Gasteiger charge is -2.04. The Kier molecular flexibility index (Phi) is 3.77. The maximum atomic E-state index is 13.2. The largest absolute Gasteiger partial charge is 0.480 e. The van der Waals surface area contributed by atoms with Crippen molar-refractivity contribution in [2.24, 2.45) is 5.73 Å². The second-order valence-corrected chi connectivity index (χ2v) is 4.89. The van der Waals surface area contributed by atoms with Gasteiger partial charge in [-0.05, 0) is 30.7 Å². The van der Waals surface area contributed by atoms with Gasteiger partial charge in [-0.3, -0.25) is 4.79 Å². The van der Waals surface area contributed by atoms with Crippen molar-refractivity contribution in [3.63, 3.8) is 0 Å². The number of hydrogen-bond acceptors (Lipinski definition) is 5. The fourth-order valence-corrected chi connectivity index (χ4v) is 2.31. The van der Waals surface area contributed by atoms with Crippen molar-refractivity contribution in [3.8, 4) is 0 Å². The van der Waals surface area contributed by atoms with Crippen LogP contribution in [-0.2, 0) is 4.79 Å². The van der Waals surface area contributed by atoms with Crippen LogP contribution in [0.1, 0.15) is 17.3 Å². The Morgan fingerprint density at radius 1 is 1.53 bits per heavy atom. The lowest BCUT2D eigenvalue weighted by Crippen LogP contribution is -2.20. The molecule has 0 aliphatic carbocycles. The topological polar surface area (TPSA) is 88.2 Å². The Labute approximate surface area is 112 Å². The fraction of sp³-hybridized carbons (Fsp3) is 0.167. The highest BCUT2D eigenvalue weighted by molar-refractivity contribution is 7.13. The number of anilines is 2. The van der Waals surface area contributed by atoms with Gasteiger partial charge in [-0.25, -0.2) is 9.37 Å². The van der Waals surface area contributed by atoms with Crippen molar-refractivity contribution in [2.45, 2.75) is 13.0 Å². The molecule has 2 aromatic rings. The Hall–Kier alpha value is -1.99. The number of carboxylic acids is 1. The number of aromatic nitrogens is 1. The molecule has 0 spiro atoms. The molecule has 1 aromatic carbocycles. The minimum atomic E-state index is -1.15. The van der Waals surface area contributed by atoms with Crippen molar-refractivity contribution >= 4 is 28.1 Å². The number of aryl methyl sites for hydroxylation is 1. The molecule has 4 N–H and O–H groups in total. The summed E-state index contributed by atoms with van der Waals surface area (Å²) in [4.78, 5) is 14.8. The summed E-state index contributed by atoms with van der Waals surface area (Å²) in [5, 5.41) is 13.7. The zero-order chi connectivity index (χ0) is 14.0. The lowest BCUT2D eigenvalue weighted by atomic mass is 10.2. The SMILES string of the molecule is Cc1cc(F)cc(Nc2nc(C(N)C(=O)O)cs2)c1. The average Bonchev–Trinajstić information content (AvgIpc) is 2.74. The highest BCUT2D eigenvalue weighted by Gasteiger charge is 2.17. The maximum Gasteiger partial charge on any atom is 0.326 e. The van der Waals surface area contributed by atoms with E-state index in [-0.39, 0.29) is 11.5 Å². The molecule has 0 saturated heterocycles. The van der Waals surface area contributed by atoms with Gasteiger partial charge in [-0.1, -0.05) is 0 Å². The van der Waals surface area contributed by atoms with E-state index >= 15 is 0 Å². The summed E-state index contributed by atoms with van der Waals surface area (Å²) in [5.41, 5.74) is 7.06. The number of halogens is 1. The first-order valence-electron chi connectivity index (χ1n) is 5.44. The van der Waals surface area contributed by atoms with E-state index in [4.69, 9.17) is 10.8 Å². The predicted molar refractivity (Wildman–Crippen MR) is 71.1 cm³/mol. The summed E-state index contributed by atoms with van der Waals surface area (Å²) >= 11 is 1.21. The highest BCUT2D eigenvalue weighted by Crippen LogP contribution is 2.24. The number of rotatable bonds is 4. The molecule has 0 bridgehead atoms. The Bertz CT molecular complexity index is 595. The first-order valence-corrected chi connectivity index (χ1v) is 6.31. The van der Waals surface area contributed by atoms with Gasteiger partial charge in [0, 0.05) is 11.1 Å². The quantitative estimate of drug-likeness (QED) is 0.801. The van der Waals surface area contributed by atoms with Gasteiger partial charge in [0.1, 0.15) is 11.9 Å². The van der Waals surface area contributed by atoms with Gasteiger partial charge in [-0.2, -0.15) is 0 Å². The van der Waals surface area contributed by atoms with E-state index < -0.39 is 12.0 Å². The van der Waals surface area contributed by atoms with Crippen molar-refractivity contribution in [1.82, 2.24) is 4.98 Å². The molecule has 0 radical (unpaired) electrons. The van der Waals surface area contributed by atoms with Crippen molar-refractivity contribution in [1.29, 1.82) is 0 Å². The van der Waals surface area contributed by atoms with Crippen LogP contribution in [-0.4, -0.2) is 16.1 Å². The Morgan fingerprint density at radius 3 is 2.89 bits per heavy atom. The molecule has 1 heterocycles. The van der Waals surface area contributed by atoms with E-state index in [0.29, 0.717) is 10.8 Å². The van der Waals surface area contributed by atoms with E-state index in [0.717, 1.165) is 5.56 Å². The summed E-state index contributed by atoms with van der Waals surface area (Å²) in [6.45, 7) is 1.78. The van der Waals surface area contributed by atoms with E-state index in [1.54, 1.807) is 18.4 Å². The molecule has 0 aliphatic heterocycles. The van der Waals surface area contributed by atoms with Crippen LogP contribution in [0.2, 0.25) is 0 Å². The van der Waals surface area contributed by atoms with Gasteiger partial charge < -0.3 is 16.2 Å². The normalized spacial score (nSPS) is 12.2. The molecule has 0 saturated carbocycles. The molecule has 7 heteroatoms. The molecule has 1 unspecified atom stereocenters. The second-order valence-electron chi connectivity index (χ2n) is 4.04. The molecular formula is C12H12FN3O2S. The van der Waals surface area contributed by atoms with Crippen LogP contribution < -0.4 is 11.1 Å². The zero-order valence-corrected chi connectivity index (χ0v) is 10.9. The third-order valence-corrected chi connectivity index (χ3v) is 3.18. The zero-order valence-electron chi connectivity index (χ0n) is 10.1. The van der Waals surface area contributed by atoms with Crippen LogP contribution in [0.5, 0.6) is 0 Å². The van der Waals surface area contributed by atoms with Crippen LogP contribution in [0.15, 0.2) is 23.6 Å². The first-order chi connectivity index (χ1) is 8.95. The second kappa shape index (κ2) is 5.33. The van der Waals surface area contributed by atoms with Gasteiger partial charge in [0.15, 0.2) is 5.13 Å². The number of carbonyl (C=O) groups is 1. The molecular weight excluding hydrogens is 269 g/mol. The van der Waals surface area contributed by atoms with Gasteiger partial charge in [0.05, 0.1) is 5.69 Å². The number of carboxylic acid groups (broad SMARTS) is 1. The Balaban J connectivity index is 2.18. The molecule has 5 nitrogen and oxygen atoms in total. The standard InChI is InChI=1S/C12H12FN3O2S/c1-6-2-7(13)4-8(3-6)15-12-16-9(5-19-12)10(14)11(17)18/h2-5,10H,14H2,1H3,(H,15,16)(H,17,18). The average molecular weight is 281 g/mol. The first kappa shape index (κ1) is 13.4. The summed E-state index contributed by atoms with van der Waals surface area (Å²) in [7, 11) is 0. The molecule has 2 rings (SSSR count). The summed E-state index contributed by atoms with van der Waals surface area (Å²) in [5.74, 6) is -1.49. The van der Waals surface area contributed by atoms with Gasteiger partial charge in [0.25, 0.3) is 0 Å². The van der Waals surface area contributed by atoms with Crippen molar-refractivity contribution in [3.05, 3.63) is 40.7 Å². The smallest absolute Gasteiger partial charge is 0.326 e. The van der Waals surface area contributed by atoms with Crippen LogP contribution in [0.25, 0.3) is 0 Å². The highest BCUT2D eigenvalue weighted by atomic mass is 32.1. The lowest BCUT2D eigenvalue weighted by molar-refractivity contribution is -0.138. The fourth-order valence-electron chi connectivity index (χ4n) is 1.54. The number of aliphatic carboxylic acids is 1. The number of nitrogens with zero attached hydrogens (tertiary/aromatic N) is 1. The molecule has 1 aromatic heterocycles. The molecule has 100 valence electrons. The van der Waals surface area contributed by atoms with E-state index in [2.05, 4.69) is 10.3 Å². The minimum Gasteiger partial charge on any atom is -0.480 e. The summed E-state index contributed by atoms with van der Waals surface area (Å²) in [6.07, 6.45) is 0. The molecule has 19 heavy (non-hydrogen) atoms. The van der Waals surface area contributed by atoms with Gasteiger partial charge in [-0.15, -0.1) is 11.3 Å². The van der Waals surface area contributed by atoms with Gasteiger partial charge >= 0.3 is 5.97 Å². The molecule has 0 amide bonds. The number of nitrogens with two attached hydrogens (primary N) is 1. The van der Waals surface area contributed by atoms with E-state index in [1.807, 2.05) is 0 Å². The van der Waals surface area contributed by atoms with Crippen LogP contribution in [0.3, 0.4) is 0 Å². The van der Waals surface area contributed by atoms with Crippen LogP contribution >= 0.6 is 11.3 Å². The molecule has 0 fully saturated rings. The number of benzene rings is 1. The van der Waals surface area contributed by atoms with Crippen LogP contribution in [0, 0.1) is 12.7 Å². The Morgan fingerprint density at radius 2 is 2.26 bits per heavy atom. The summed E-state index contributed by atoms with van der Waals surface area (Å²) in [6, 6.07) is 3.37. The van der Waals surface area contributed by atoms with Crippen molar-refractivity contribution in [2.75, 3.05) is 5.32 Å². The van der Waals surface area contributed by atoms with E-state index in [9.17, 15) is 9.18 Å². The minimum absolute atomic E-state index is 0.271. The van der Waals surface area contributed by atoms with Crippen molar-refractivity contribution < 1.29 is 14.3 Å². The predicted octanol–water partition coefficient (Wildman–Crippen LogP) is 2.42. The maximum absolute atomic E-state index is 13.2. The molecule has 0 aliphatic rings. The van der Waals surface area contributed by atoms with E-state index in [1.165, 1.54) is 23.5 Å². The van der Waals surface area contributed by atoms with Gasteiger partial charge in [0.2, 0.25) is 0 Å². The number of nitrogens with one attached hydrogen (secondary N) is 1. The number of thiazole rings is 1. The third-order valence-electron chi connectivity index (χ3n) is 2.40. The monoisotopic (exact) mass is 281 g/mol.